The molecule has 0 aromatic heterocycles. The van der Waals surface area contributed by atoms with Crippen molar-refractivity contribution in [2.24, 2.45) is 5.73 Å². The van der Waals surface area contributed by atoms with Crippen LogP contribution in [0, 0.1) is 0 Å². The molecule has 0 heterocycles. The van der Waals surface area contributed by atoms with Crippen LogP contribution in [0.15, 0.2) is 24.3 Å². The first kappa shape index (κ1) is 17.9. The molecule has 108 valence electrons. The summed E-state index contributed by atoms with van der Waals surface area (Å²) in [4.78, 5) is 11.6. The molecule has 0 atom stereocenters. The summed E-state index contributed by atoms with van der Waals surface area (Å²) in [6, 6.07) is 8.49. The number of amides is 1. The van der Waals surface area contributed by atoms with Gasteiger partial charge in [0.1, 0.15) is 0 Å². The number of rotatable bonds is 8. The van der Waals surface area contributed by atoms with Gasteiger partial charge in [-0.25, -0.2) is 0 Å². The summed E-state index contributed by atoms with van der Waals surface area (Å²) >= 11 is 0. The molecule has 0 radical (unpaired) electrons. The number of nitrogens with two attached hydrogens (primary N) is 1. The number of hydrogen-bond donors (Lipinski definition) is 2. The number of unbranched alkanes of at least 4 members (excludes halogenated alkanes) is 1. The van der Waals surface area contributed by atoms with Crippen LogP contribution in [0.5, 0.6) is 0 Å². The maximum atomic E-state index is 11.6. The molecule has 0 saturated carbocycles. The summed E-state index contributed by atoms with van der Waals surface area (Å²) in [6.45, 7) is 3.58. The Morgan fingerprint density at radius 2 is 1.79 bits per heavy atom. The van der Waals surface area contributed by atoms with Crippen molar-refractivity contribution < 1.29 is 4.79 Å². The maximum absolute atomic E-state index is 11.6. The summed E-state index contributed by atoms with van der Waals surface area (Å²) in [5.41, 5.74) is 7.96. The Bertz CT molecular complexity index is 352. The van der Waals surface area contributed by atoms with E-state index in [1.165, 1.54) is 11.1 Å². The van der Waals surface area contributed by atoms with E-state index in [1.54, 1.807) is 0 Å². The molecular formula is C15H25ClN2O. The molecule has 4 heteroatoms. The molecule has 1 aromatic rings. The van der Waals surface area contributed by atoms with Gasteiger partial charge in [0.05, 0.1) is 0 Å². The molecule has 1 rings (SSSR count). The van der Waals surface area contributed by atoms with E-state index in [0.717, 1.165) is 32.2 Å². The number of carbonyl (C=O) groups is 1. The van der Waals surface area contributed by atoms with Crippen LogP contribution in [0.4, 0.5) is 0 Å². The summed E-state index contributed by atoms with van der Waals surface area (Å²) in [5, 5.41) is 2.92. The summed E-state index contributed by atoms with van der Waals surface area (Å²) in [6.07, 6.45) is 4.37. The largest absolute Gasteiger partial charge is 0.356 e. The molecule has 0 aliphatic heterocycles. The molecule has 0 saturated heterocycles. The first-order valence-electron chi connectivity index (χ1n) is 6.81. The topological polar surface area (TPSA) is 55.1 Å². The monoisotopic (exact) mass is 284 g/mol. The number of hydrogen-bond acceptors (Lipinski definition) is 2. The highest BCUT2D eigenvalue weighted by molar-refractivity contribution is 5.85. The molecule has 0 bridgehead atoms. The van der Waals surface area contributed by atoms with E-state index in [0.29, 0.717) is 13.0 Å². The average Bonchev–Trinajstić information content (AvgIpc) is 2.42. The Morgan fingerprint density at radius 1 is 1.16 bits per heavy atom. The molecular weight excluding hydrogens is 260 g/mol. The molecule has 3 N–H and O–H groups in total. The van der Waals surface area contributed by atoms with Gasteiger partial charge in [0, 0.05) is 13.0 Å². The molecule has 0 unspecified atom stereocenters. The Kier molecular flexibility index (Phi) is 10.2. The van der Waals surface area contributed by atoms with Gasteiger partial charge in [-0.05, 0) is 43.4 Å². The first-order chi connectivity index (χ1) is 8.76. The summed E-state index contributed by atoms with van der Waals surface area (Å²) in [5.74, 6) is 0.131. The number of aryl methyl sites for hydroxylation is 2. The molecule has 3 nitrogen and oxygen atoms in total. The van der Waals surface area contributed by atoms with Crippen LogP contribution in [0.3, 0.4) is 0 Å². The van der Waals surface area contributed by atoms with Crippen molar-refractivity contribution in [3.05, 3.63) is 35.4 Å². The number of nitrogens with one attached hydrogen (secondary N) is 1. The summed E-state index contributed by atoms with van der Waals surface area (Å²) < 4.78 is 0. The number of halogens is 1. The van der Waals surface area contributed by atoms with E-state index in [9.17, 15) is 4.79 Å². The molecule has 19 heavy (non-hydrogen) atoms. The van der Waals surface area contributed by atoms with Gasteiger partial charge >= 0.3 is 0 Å². The van der Waals surface area contributed by atoms with Gasteiger partial charge in [-0.1, -0.05) is 31.2 Å². The van der Waals surface area contributed by atoms with Crippen LogP contribution in [0.2, 0.25) is 0 Å². The van der Waals surface area contributed by atoms with E-state index in [-0.39, 0.29) is 18.3 Å². The van der Waals surface area contributed by atoms with Gasteiger partial charge in [0.15, 0.2) is 0 Å². The van der Waals surface area contributed by atoms with E-state index in [4.69, 9.17) is 5.73 Å². The fraction of sp³-hybridized carbons (Fsp3) is 0.533. The normalized spacial score (nSPS) is 9.79. The van der Waals surface area contributed by atoms with Gasteiger partial charge in [0.25, 0.3) is 0 Å². The van der Waals surface area contributed by atoms with Gasteiger partial charge in [-0.15, -0.1) is 12.4 Å². The highest BCUT2D eigenvalue weighted by atomic mass is 35.5. The second-order valence-electron chi connectivity index (χ2n) is 4.52. The maximum Gasteiger partial charge on any atom is 0.220 e. The van der Waals surface area contributed by atoms with Gasteiger partial charge in [-0.3, -0.25) is 4.79 Å². The van der Waals surface area contributed by atoms with E-state index in [2.05, 4.69) is 36.5 Å². The lowest BCUT2D eigenvalue weighted by Crippen LogP contribution is -2.25. The fourth-order valence-corrected chi connectivity index (χ4v) is 1.79. The lowest BCUT2D eigenvalue weighted by Gasteiger charge is -2.05. The minimum absolute atomic E-state index is 0. The smallest absolute Gasteiger partial charge is 0.220 e. The second kappa shape index (κ2) is 10.8. The Labute approximate surface area is 122 Å². The third kappa shape index (κ3) is 7.85. The zero-order valence-corrected chi connectivity index (χ0v) is 12.5. The molecule has 1 aromatic carbocycles. The van der Waals surface area contributed by atoms with Crippen LogP contribution in [-0.4, -0.2) is 19.0 Å². The average molecular weight is 285 g/mol. The minimum Gasteiger partial charge on any atom is -0.356 e. The van der Waals surface area contributed by atoms with E-state index < -0.39 is 0 Å². The lowest BCUT2D eigenvalue weighted by molar-refractivity contribution is -0.121. The van der Waals surface area contributed by atoms with Crippen LogP contribution < -0.4 is 11.1 Å². The third-order valence-corrected chi connectivity index (χ3v) is 3.03. The Balaban J connectivity index is 0.00000324. The van der Waals surface area contributed by atoms with Crippen LogP contribution >= 0.6 is 12.4 Å². The van der Waals surface area contributed by atoms with Gasteiger partial charge < -0.3 is 11.1 Å². The predicted octanol–water partition coefficient (Wildman–Crippen LogP) is 2.46. The van der Waals surface area contributed by atoms with Crippen molar-refractivity contribution in [3.63, 3.8) is 0 Å². The zero-order valence-electron chi connectivity index (χ0n) is 11.7. The highest BCUT2D eigenvalue weighted by Crippen LogP contribution is 2.07. The van der Waals surface area contributed by atoms with Crippen molar-refractivity contribution in [3.8, 4) is 0 Å². The van der Waals surface area contributed by atoms with Crippen molar-refractivity contribution in [2.75, 3.05) is 13.1 Å². The number of carbonyl (C=O) groups excluding carboxylic acids is 1. The van der Waals surface area contributed by atoms with Crippen LogP contribution in [-0.2, 0) is 17.6 Å². The summed E-state index contributed by atoms with van der Waals surface area (Å²) in [7, 11) is 0. The molecule has 0 aliphatic rings. The lowest BCUT2D eigenvalue weighted by atomic mass is 10.1. The molecule has 0 aliphatic carbocycles. The molecule has 0 spiro atoms. The second-order valence-corrected chi connectivity index (χ2v) is 4.52. The minimum atomic E-state index is 0. The van der Waals surface area contributed by atoms with Crippen molar-refractivity contribution in [1.82, 2.24) is 5.32 Å². The SMILES string of the molecule is CCc1ccc(CCC(=O)NCCCCN)cc1.Cl. The van der Waals surface area contributed by atoms with Gasteiger partial charge in [-0.2, -0.15) is 0 Å². The standard InChI is InChI=1S/C15H24N2O.ClH/c1-2-13-5-7-14(8-6-13)9-10-15(18)17-12-4-3-11-16;/h5-8H,2-4,9-12,16H2,1H3,(H,17,18);1H. The van der Waals surface area contributed by atoms with Crippen LogP contribution in [0.1, 0.15) is 37.3 Å². The van der Waals surface area contributed by atoms with Crippen molar-refractivity contribution >= 4 is 18.3 Å². The third-order valence-electron chi connectivity index (χ3n) is 3.03. The van der Waals surface area contributed by atoms with E-state index in [1.807, 2.05) is 0 Å². The fourth-order valence-electron chi connectivity index (χ4n) is 1.79. The van der Waals surface area contributed by atoms with Crippen LogP contribution in [0.25, 0.3) is 0 Å². The van der Waals surface area contributed by atoms with Gasteiger partial charge in [0.2, 0.25) is 5.91 Å². The Morgan fingerprint density at radius 3 is 2.37 bits per heavy atom. The van der Waals surface area contributed by atoms with E-state index >= 15 is 0 Å². The quantitative estimate of drug-likeness (QED) is 0.721. The molecule has 0 fully saturated rings. The first-order valence-corrected chi connectivity index (χ1v) is 6.81. The van der Waals surface area contributed by atoms with Crippen molar-refractivity contribution in [1.29, 1.82) is 0 Å². The zero-order chi connectivity index (χ0) is 13.2. The van der Waals surface area contributed by atoms with Crippen molar-refractivity contribution in [2.45, 2.75) is 39.0 Å². The Hall–Kier alpha value is -1.06. The molecule has 1 amide bonds. The number of benzene rings is 1. The highest BCUT2D eigenvalue weighted by Gasteiger charge is 2.01. The predicted molar refractivity (Wildman–Crippen MR) is 82.7 cm³/mol.